The molecule has 0 atom stereocenters. The Labute approximate surface area is 187 Å². The number of nitrogens with zero attached hydrogens (tertiary/aromatic N) is 4. The Kier molecular flexibility index (Phi) is 9.48. The Balaban J connectivity index is 0.00000300. The number of halogens is 1. The summed E-state index contributed by atoms with van der Waals surface area (Å²) in [5, 5.41) is 14.7. The van der Waals surface area contributed by atoms with E-state index in [9.17, 15) is 0 Å². The Hall–Kier alpha value is -2.56. The first-order chi connectivity index (χ1) is 13.8. The third-order valence-corrected chi connectivity index (χ3v) is 4.22. The molecule has 0 aliphatic rings. The Morgan fingerprint density at radius 1 is 1.24 bits per heavy atom. The second kappa shape index (κ2) is 12.1. The lowest BCUT2D eigenvalue weighted by atomic mass is 10.2. The van der Waals surface area contributed by atoms with Crippen molar-refractivity contribution in [3.8, 4) is 5.75 Å². The summed E-state index contributed by atoms with van der Waals surface area (Å²) < 4.78 is 12.7. The van der Waals surface area contributed by atoms with Crippen molar-refractivity contribution in [2.75, 3.05) is 13.7 Å². The Morgan fingerprint density at radius 2 is 2.14 bits per heavy atom. The summed E-state index contributed by atoms with van der Waals surface area (Å²) in [7, 11) is 1.66. The van der Waals surface area contributed by atoms with E-state index in [0.717, 1.165) is 35.9 Å². The molecule has 2 heterocycles. The molecule has 0 amide bonds. The van der Waals surface area contributed by atoms with Crippen molar-refractivity contribution >= 4 is 29.9 Å². The number of guanidine groups is 1. The molecule has 0 bridgehead atoms. The van der Waals surface area contributed by atoms with E-state index < -0.39 is 0 Å². The van der Waals surface area contributed by atoms with E-state index in [1.54, 1.807) is 19.7 Å². The van der Waals surface area contributed by atoms with Crippen molar-refractivity contribution in [2.24, 2.45) is 4.99 Å². The molecular weight excluding hydrogens is 483 g/mol. The third kappa shape index (κ3) is 7.08. The third-order valence-electron chi connectivity index (χ3n) is 4.22. The number of furan rings is 1. The summed E-state index contributed by atoms with van der Waals surface area (Å²) in [6.07, 6.45) is 4.27. The molecule has 156 valence electrons. The Morgan fingerprint density at radius 3 is 2.90 bits per heavy atom. The second-order valence-electron chi connectivity index (χ2n) is 6.17. The number of aromatic nitrogens is 3. The fraction of sp³-hybridized carbons (Fsp3) is 0.350. The topological polar surface area (TPSA) is 89.5 Å². The molecular formula is C20H27IN6O2. The van der Waals surface area contributed by atoms with E-state index in [1.165, 1.54) is 0 Å². The summed E-state index contributed by atoms with van der Waals surface area (Å²) in [5.41, 5.74) is 1.07. The highest BCUT2D eigenvalue weighted by molar-refractivity contribution is 14.0. The first-order valence-corrected chi connectivity index (χ1v) is 9.32. The second-order valence-corrected chi connectivity index (χ2v) is 6.17. The number of hydrogen-bond donors (Lipinski definition) is 2. The molecule has 29 heavy (non-hydrogen) atoms. The SMILES string of the molecule is CCc1nncn1CCNC(=NCc1cccc(OC)c1)NCc1ccco1.I. The van der Waals surface area contributed by atoms with E-state index >= 15 is 0 Å². The van der Waals surface area contributed by atoms with Crippen LogP contribution in [0.25, 0.3) is 0 Å². The van der Waals surface area contributed by atoms with Crippen molar-refractivity contribution in [3.63, 3.8) is 0 Å². The number of ether oxygens (including phenoxy) is 1. The lowest BCUT2D eigenvalue weighted by molar-refractivity contribution is 0.414. The quantitative estimate of drug-likeness (QED) is 0.262. The number of benzene rings is 1. The van der Waals surface area contributed by atoms with Gasteiger partial charge in [0, 0.05) is 19.5 Å². The number of aliphatic imine (C=N–C) groups is 1. The van der Waals surface area contributed by atoms with Crippen LogP contribution >= 0.6 is 24.0 Å². The van der Waals surface area contributed by atoms with Crippen LogP contribution in [0.2, 0.25) is 0 Å². The molecule has 9 heteroatoms. The molecule has 0 spiro atoms. The smallest absolute Gasteiger partial charge is 0.192 e. The average molecular weight is 510 g/mol. The number of rotatable bonds is 9. The van der Waals surface area contributed by atoms with Gasteiger partial charge in [-0.1, -0.05) is 19.1 Å². The van der Waals surface area contributed by atoms with Crippen LogP contribution in [0.4, 0.5) is 0 Å². The zero-order valence-electron chi connectivity index (χ0n) is 16.7. The van der Waals surface area contributed by atoms with Gasteiger partial charge in [0.25, 0.3) is 0 Å². The van der Waals surface area contributed by atoms with Gasteiger partial charge in [-0.3, -0.25) is 0 Å². The molecule has 0 saturated heterocycles. The van der Waals surface area contributed by atoms with Gasteiger partial charge >= 0.3 is 0 Å². The Bertz CT molecular complexity index is 879. The van der Waals surface area contributed by atoms with Crippen LogP contribution in [0.3, 0.4) is 0 Å². The summed E-state index contributed by atoms with van der Waals surface area (Å²) in [4.78, 5) is 4.69. The van der Waals surface area contributed by atoms with Crippen LogP contribution in [-0.2, 0) is 26.1 Å². The monoisotopic (exact) mass is 510 g/mol. The highest BCUT2D eigenvalue weighted by Crippen LogP contribution is 2.13. The predicted molar refractivity (Wildman–Crippen MR) is 122 cm³/mol. The van der Waals surface area contributed by atoms with Crippen molar-refractivity contribution in [2.45, 2.75) is 33.0 Å². The maximum atomic E-state index is 5.39. The maximum absolute atomic E-state index is 5.39. The lowest BCUT2D eigenvalue weighted by Gasteiger charge is -2.13. The van der Waals surface area contributed by atoms with Gasteiger partial charge in [0.15, 0.2) is 5.96 Å². The highest BCUT2D eigenvalue weighted by atomic mass is 127. The summed E-state index contributed by atoms with van der Waals surface area (Å²) >= 11 is 0. The van der Waals surface area contributed by atoms with Crippen LogP contribution in [-0.4, -0.2) is 34.4 Å². The van der Waals surface area contributed by atoms with Gasteiger partial charge in [-0.25, -0.2) is 4.99 Å². The molecule has 8 nitrogen and oxygen atoms in total. The van der Waals surface area contributed by atoms with Gasteiger partial charge in [0.05, 0.1) is 26.5 Å². The molecule has 0 aliphatic heterocycles. The molecule has 0 aliphatic carbocycles. The fourth-order valence-corrected chi connectivity index (χ4v) is 2.73. The number of nitrogens with one attached hydrogen (secondary N) is 2. The first-order valence-electron chi connectivity index (χ1n) is 9.32. The van der Waals surface area contributed by atoms with Crippen LogP contribution in [0.5, 0.6) is 5.75 Å². The summed E-state index contributed by atoms with van der Waals surface area (Å²) in [6, 6.07) is 11.7. The standard InChI is InChI=1S/C20H26N6O2.HI/c1-3-19-25-24-15-26(19)10-9-21-20(23-14-18-8-5-11-28-18)22-13-16-6-4-7-17(12-16)27-2;/h4-8,11-12,15H,3,9-10,13-14H2,1-2H3,(H2,21,22,23);1H. The summed E-state index contributed by atoms with van der Waals surface area (Å²) in [5.74, 6) is 3.36. The van der Waals surface area contributed by atoms with Gasteiger partial charge in [-0.05, 0) is 29.8 Å². The lowest BCUT2D eigenvalue weighted by Crippen LogP contribution is -2.38. The molecule has 0 radical (unpaired) electrons. The van der Waals surface area contributed by atoms with Crippen molar-refractivity contribution < 1.29 is 9.15 Å². The van der Waals surface area contributed by atoms with Crippen LogP contribution < -0.4 is 15.4 Å². The minimum atomic E-state index is 0. The summed E-state index contributed by atoms with van der Waals surface area (Å²) in [6.45, 7) is 4.63. The van der Waals surface area contributed by atoms with Crippen molar-refractivity contribution in [1.29, 1.82) is 0 Å². The first kappa shape index (κ1) is 22.7. The number of hydrogen-bond acceptors (Lipinski definition) is 5. The number of methoxy groups -OCH3 is 1. The van der Waals surface area contributed by atoms with Gasteiger partial charge < -0.3 is 24.4 Å². The number of aryl methyl sites for hydroxylation is 1. The van der Waals surface area contributed by atoms with Gasteiger partial charge in [-0.15, -0.1) is 34.2 Å². The van der Waals surface area contributed by atoms with E-state index in [0.29, 0.717) is 25.6 Å². The fourth-order valence-electron chi connectivity index (χ4n) is 2.73. The average Bonchev–Trinajstić information content (AvgIpc) is 3.41. The maximum Gasteiger partial charge on any atom is 0.192 e. The van der Waals surface area contributed by atoms with E-state index in [1.807, 2.05) is 41.0 Å². The van der Waals surface area contributed by atoms with Gasteiger partial charge in [-0.2, -0.15) is 0 Å². The minimum absolute atomic E-state index is 0. The van der Waals surface area contributed by atoms with Crippen LogP contribution in [0.15, 0.2) is 58.4 Å². The van der Waals surface area contributed by atoms with E-state index in [2.05, 4.69) is 32.7 Å². The normalized spacial score (nSPS) is 11.0. The minimum Gasteiger partial charge on any atom is -0.497 e. The molecule has 0 unspecified atom stereocenters. The largest absolute Gasteiger partial charge is 0.497 e. The molecule has 2 N–H and O–H groups in total. The molecule has 3 rings (SSSR count). The van der Waals surface area contributed by atoms with Crippen molar-refractivity contribution in [3.05, 3.63) is 66.1 Å². The van der Waals surface area contributed by atoms with Crippen LogP contribution in [0, 0.1) is 0 Å². The van der Waals surface area contributed by atoms with Crippen molar-refractivity contribution in [1.82, 2.24) is 25.4 Å². The van der Waals surface area contributed by atoms with Gasteiger partial charge in [0.1, 0.15) is 23.7 Å². The van der Waals surface area contributed by atoms with E-state index in [-0.39, 0.29) is 24.0 Å². The van der Waals surface area contributed by atoms with Crippen LogP contribution in [0.1, 0.15) is 24.1 Å². The molecule has 3 aromatic rings. The molecule has 2 aromatic heterocycles. The molecule has 1 aromatic carbocycles. The molecule has 0 fully saturated rings. The molecule has 0 saturated carbocycles. The van der Waals surface area contributed by atoms with E-state index in [4.69, 9.17) is 9.15 Å². The predicted octanol–water partition coefficient (Wildman–Crippen LogP) is 3.00. The zero-order valence-corrected chi connectivity index (χ0v) is 19.0. The van der Waals surface area contributed by atoms with Gasteiger partial charge in [0.2, 0.25) is 0 Å². The zero-order chi connectivity index (χ0) is 19.6. The highest BCUT2D eigenvalue weighted by Gasteiger charge is 2.04.